The molecule has 16 heavy (non-hydrogen) atoms. The van der Waals surface area contributed by atoms with Gasteiger partial charge in [-0.1, -0.05) is 31.2 Å². The first-order valence-corrected chi connectivity index (χ1v) is 4.97. The number of hydrogen-bond acceptors (Lipinski definition) is 1. The minimum Gasteiger partial charge on any atom is -0.431 e. The second kappa shape index (κ2) is 5.58. The summed E-state index contributed by atoms with van der Waals surface area (Å²) in [5, 5.41) is 0. The number of alkyl halides is 3. The van der Waals surface area contributed by atoms with E-state index in [4.69, 9.17) is 0 Å². The largest absolute Gasteiger partial charge is 0.431 e. The van der Waals surface area contributed by atoms with Crippen LogP contribution in [0.1, 0.15) is 18.9 Å². The lowest BCUT2D eigenvalue weighted by atomic mass is 10.2. The molecule has 1 nitrogen and oxygen atoms in total. The Hall–Kier alpha value is -1.45. The van der Waals surface area contributed by atoms with E-state index in [9.17, 15) is 13.2 Å². The van der Waals surface area contributed by atoms with Crippen LogP contribution >= 0.6 is 0 Å². The van der Waals surface area contributed by atoms with Crippen LogP contribution in [0.25, 0.3) is 6.08 Å². The van der Waals surface area contributed by atoms with Gasteiger partial charge in [-0.2, -0.15) is 8.78 Å². The molecule has 0 fully saturated rings. The lowest BCUT2D eigenvalue weighted by molar-refractivity contribution is -0.186. The molecule has 0 unspecified atom stereocenters. The van der Waals surface area contributed by atoms with Gasteiger partial charge in [0.05, 0.1) is 0 Å². The second-order valence-electron chi connectivity index (χ2n) is 3.25. The third kappa shape index (κ3) is 3.96. The standard InChI is InChI=1S/C12H13F3O/c1-2-3-4-10-5-7-11(8-6-10)16-12(14,15)9-13/h3-8H,2,9H2,1H3/b4-3-. The van der Waals surface area contributed by atoms with Crippen molar-refractivity contribution in [1.29, 1.82) is 0 Å². The van der Waals surface area contributed by atoms with Crippen molar-refractivity contribution in [1.82, 2.24) is 0 Å². The number of allylic oxidation sites excluding steroid dienone is 1. The van der Waals surface area contributed by atoms with Gasteiger partial charge >= 0.3 is 6.11 Å². The van der Waals surface area contributed by atoms with Crippen LogP contribution in [0, 0.1) is 0 Å². The first kappa shape index (κ1) is 12.6. The molecule has 4 heteroatoms. The fourth-order valence-corrected chi connectivity index (χ4v) is 1.10. The summed E-state index contributed by atoms with van der Waals surface area (Å²) in [6, 6.07) is 6.05. The first-order chi connectivity index (χ1) is 7.57. The van der Waals surface area contributed by atoms with Crippen molar-refractivity contribution in [3.05, 3.63) is 35.9 Å². The van der Waals surface area contributed by atoms with E-state index in [-0.39, 0.29) is 5.75 Å². The van der Waals surface area contributed by atoms with Gasteiger partial charge in [-0.25, -0.2) is 4.39 Å². The van der Waals surface area contributed by atoms with Crippen molar-refractivity contribution >= 4 is 6.08 Å². The molecule has 0 saturated heterocycles. The molecular weight excluding hydrogens is 217 g/mol. The van der Waals surface area contributed by atoms with Crippen molar-refractivity contribution in [2.24, 2.45) is 0 Å². The number of halogens is 3. The lowest BCUT2D eigenvalue weighted by Gasteiger charge is -2.14. The van der Waals surface area contributed by atoms with Gasteiger partial charge in [0, 0.05) is 0 Å². The maximum atomic E-state index is 12.5. The summed E-state index contributed by atoms with van der Waals surface area (Å²) in [7, 11) is 0. The molecule has 0 heterocycles. The van der Waals surface area contributed by atoms with E-state index >= 15 is 0 Å². The highest BCUT2D eigenvalue weighted by Gasteiger charge is 2.31. The average molecular weight is 230 g/mol. The maximum absolute atomic E-state index is 12.5. The molecule has 0 spiro atoms. The van der Waals surface area contributed by atoms with E-state index in [1.54, 1.807) is 12.1 Å². The zero-order chi connectivity index (χ0) is 12.0. The summed E-state index contributed by atoms with van der Waals surface area (Å²) in [6.45, 7) is 0.167. The molecule has 0 aromatic heterocycles. The Balaban J connectivity index is 2.68. The van der Waals surface area contributed by atoms with Crippen molar-refractivity contribution in [2.75, 3.05) is 6.67 Å². The predicted molar refractivity (Wildman–Crippen MR) is 57.3 cm³/mol. The number of ether oxygens (including phenoxy) is 1. The van der Waals surface area contributed by atoms with Crippen LogP contribution in [0.5, 0.6) is 5.75 Å². The van der Waals surface area contributed by atoms with E-state index < -0.39 is 12.8 Å². The summed E-state index contributed by atoms with van der Waals surface area (Å²) >= 11 is 0. The molecule has 0 N–H and O–H groups in total. The van der Waals surface area contributed by atoms with E-state index in [1.165, 1.54) is 12.1 Å². The van der Waals surface area contributed by atoms with Crippen molar-refractivity contribution < 1.29 is 17.9 Å². The highest BCUT2D eigenvalue weighted by atomic mass is 19.3. The fraction of sp³-hybridized carbons (Fsp3) is 0.333. The molecule has 1 rings (SSSR count). The van der Waals surface area contributed by atoms with Crippen molar-refractivity contribution in [2.45, 2.75) is 19.5 Å². The third-order valence-electron chi connectivity index (χ3n) is 1.85. The van der Waals surface area contributed by atoms with Crippen LogP contribution < -0.4 is 4.74 Å². The summed E-state index contributed by atoms with van der Waals surface area (Å²) in [5.74, 6) is -0.0451. The van der Waals surface area contributed by atoms with Gasteiger partial charge in [0.1, 0.15) is 5.75 Å². The van der Waals surface area contributed by atoms with Crippen LogP contribution in [0.15, 0.2) is 30.3 Å². The van der Waals surface area contributed by atoms with Gasteiger partial charge in [0.2, 0.25) is 0 Å². The molecule has 0 radical (unpaired) electrons. The molecule has 0 atom stereocenters. The molecule has 0 aliphatic carbocycles. The Morgan fingerprint density at radius 2 is 1.88 bits per heavy atom. The van der Waals surface area contributed by atoms with Crippen molar-refractivity contribution in [3.8, 4) is 5.75 Å². The Labute approximate surface area is 92.5 Å². The van der Waals surface area contributed by atoms with E-state index in [0.29, 0.717) is 0 Å². The smallest absolute Gasteiger partial charge is 0.427 e. The van der Waals surface area contributed by atoms with Gasteiger partial charge < -0.3 is 4.74 Å². The number of rotatable bonds is 5. The first-order valence-electron chi connectivity index (χ1n) is 4.97. The number of hydrogen-bond donors (Lipinski definition) is 0. The van der Waals surface area contributed by atoms with E-state index in [1.807, 2.05) is 19.1 Å². The predicted octanol–water partition coefficient (Wildman–Crippen LogP) is 4.05. The Kier molecular flexibility index (Phi) is 4.40. The van der Waals surface area contributed by atoms with E-state index in [0.717, 1.165) is 12.0 Å². The highest BCUT2D eigenvalue weighted by molar-refractivity contribution is 5.50. The van der Waals surface area contributed by atoms with Crippen LogP contribution in [0.2, 0.25) is 0 Å². The van der Waals surface area contributed by atoms with Gasteiger partial charge in [-0.15, -0.1) is 0 Å². The van der Waals surface area contributed by atoms with Gasteiger partial charge in [-0.05, 0) is 24.1 Å². The van der Waals surface area contributed by atoms with Crippen LogP contribution in [0.4, 0.5) is 13.2 Å². The summed E-state index contributed by atoms with van der Waals surface area (Å²) in [5.41, 5.74) is 0.887. The second-order valence-corrected chi connectivity index (χ2v) is 3.25. The average Bonchev–Trinajstić information content (AvgIpc) is 2.28. The monoisotopic (exact) mass is 230 g/mol. The molecule has 0 amide bonds. The molecule has 1 aromatic rings. The molecule has 0 bridgehead atoms. The minimum atomic E-state index is -3.75. The quantitative estimate of drug-likeness (QED) is 0.741. The van der Waals surface area contributed by atoms with Crippen LogP contribution in [-0.4, -0.2) is 12.8 Å². The van der Waals surface area contributed by atoms with Gasteiger partial charge in [0.25, 0.3) is 0 Å². The molecule has 0 saturated carbocycles. The normalized spacial score (nSPS) is 12.0. The molecule has 0 aliphatic rings. The third-order valence-corrected chi connectivity index (χ3v) is 1.85. The maximum Gasteiger partial charge on any atom is 0.427 e. The SMILES string of the molecule is CC/C=C\c1ccc(OC(F)(F)CF)cc1. The summed E-state index contributed by atoms with van der Waals surface area (Å²) < 4.78 is 41.1. The molecule has 1 aromatic carbocycles. The highest BCUT2D eigenvalue weighted by Crippen LogP contribution is 2.22. The van der Waals surface area contributed by atoms with Gasteiger partial charge in [-0.3, -0.25) is 0 Å². The topological polar surface area (TPSA) is 9.23 Å². The van der Waals surface area contributed by atoms with Crippen LogP contribution in [-0.2, 0) is 0 Å². The molecule has 0 aliphatic heterocycles. The summed E-state index contributed by atoms with van der Waals surface area (Å²) in [6.07, 6.45) is 0.974. The Morgan fingerprint density at radius 1 is 1.25 bits per heavy atom. The Bertz CT molecular complexity index is 344. The van der Waals surface area contributed by atoms with Gasteiger partial charge in [0.15, 0.2) is 6.67 Å². The lowest BCUT2D eigenvalue weighted by Crippen LogP contribution is -2.26. The minimum absolute atomic E-state index is 0.0451. The van der Waals surface area contributed by atoms with Crippen molar-refractivity contribution in [3.63, 3.8) is 0 Å². The Morgan fingerprint density at radius 3 is 2.38 bits per heavy atom. The fourth-order valence-electron chi connectivity index (χ4n) is 1.10. The zero-order valence-corrected chi connectivity index (χ0v) is 8.92. The van der Waals surface area contributed by atoms with E-state index in [2.05, 4.69) is 4.74 Å². The summed E-state index contributed by atoms with van der Waals surface area (Å²) in [4.78, 5) is 0. The molecular formula is C12H13F3O. The molecule has 88 valence electrons. The zero-order valence-electron chi connectivity index (χ0n) is 8.92. The number of benzene rings is 1. The van der Waals surface area contributed by atoms with Crippen LogP contribution in [0.3, 0.4) is 0 Å².